The van der Waals surface area contributed by atoms with E-state index in [2.05, 4.69) is 0 Å². The van der Waals surface area contributed by atoms with Gasteiger partial charge in [0.05, 0.1) is 7.11 Å². The largest absolute Gasteiger partial charge is 0.468 e. The van der Waals surface area contributed by atoms with E-state index >= 15 is 0 Å². The highest BCUT2D eigenvalue weighted by atomic mass is 16.5. The third kappa shape index (κ3) is 2.36. The normalized spacial score (nSPS) is 16.5. The first-order valence-corrected chi connectivity index (χ1v) is 4.92. The number of carbonyl (C=O) groups excluding carboxylic acids is 1. The fourth-order valence-electron chi connectivity index (χ4n) is 1.48. The van der Waals surface area contributed by atoms with E-state index in [1.807, 2.05) is 37.3 Å². The zero-order valence-electron chi connectivity index (χ0n) is 9.36. The quantitative estimate of drug-likeness (QED) is 0.767. The van der Waals surface area contributed by atoms with Gasteiger partial charge in [0.1, 0.15) is 5.54 Å². The van der Waals surface area contributed by atoms with E-state index in [1.54, 1.807) is 6.92 Å². The smallest absolute Gasteiger partial charge is 0.326 e. The Morgan fingerprint density at radius 1 is 1.40 bits per heavy atom. The highest BCUT2D eigenvalue weighted by Crippen LogP contribution is 2.26. The Bertz CT molecular complexity index is 333. The molecule has 0 fully saturated rings. The van der Waals surface area contributed by atoms with Crippen LogP contribution in [0.2, 0.25) is 0 Å². The van der Waals surface area contributed by atoms with Gasteiger partial charge in [-0.05, 0) is 12.5 Å². The van der Waals surface area contributed by atoms with Crippen LogP contribution in [-0.4, -0.2) is 18.6 Å². The van der Waals surface area contributed by atoms with E-state index < -0.39 is 5.54 Å². The summed E-state index contributed by atoms with van der Waals surface area (Å²) >= 11 is 0. The highest BCUT2D eigenvalue weighted by Gasteiger charge is 2.36. The first-order chi connectivity index (χ1) is 7.00. The highest BCUT2D eigenvalue weighted by molar-refractivity contribution is 5.81. The monoisotopic (exact) mass is 207 g/mol. The van der Waals surface area contributed by atoms with Crippen LogP contribution in [0.1, 0.15) is 25.3 Å². The zero-order valence-corrected chi connectivity index (χ0v) is 9.36. The predicted molar refractivity (Wildman–Crippen MR) is 59.5 cm³/mol. The second kappa shape index (κ2) is 4.45. The second-order valence-corrected chi connectivity index (χ2v) is 3.91. The fraction of sp³-hybridized carbons (Fsp3) is 0.417. The maximum Gasteiger partial charge on any atom is 0.326 e. The summed E-state index contributed by atoms with van der Waals surface area (Å²) in [6.45, 7) is 3.61. The molecular weight excluding hydrogens is 190 g/mol. The molecule has 1 aromatic carbocycles. The number of rotatable bonds is 3. The molecule has 0 aliphatic heterocycles. The third-order valence-electron chi connectivity index (χ3n) is 2.82. The van der Waals surface area contributed by atoms with Gasteiger partial charge in [-0.3, -0.25) is 4.79 Å². The van der Waals surface area contributed by atoms with Crippen LogP contribution < -0.4 is 5.73 Å². The van der Waals surface area contributed by atoms with Gasteiger partial charge in [-0.2, -0.15) is 0 Å². The minimum absolute atomic E-state index is 0.0776. The van der Waals surface area contributed by atoms with Crippen LogP contribution in [0.15, 0.2) is 30.3 Å². The zero-order chi connectivity index (χ0) is 11.5. The SMILES string of the molecule is COC(=O)[C@](C)(N)[C@H](C)c1ccccc1. The lowest BCUT2D eigenvalue weighted by Gasteiger charge is -2.28. The summed E-state index contributed by atoms with van der Waals surface area (Å²) in [7, 11) is 1.35. The molecule has 0 heterocycles. The number of nitrogens with two attached hydrogens (primary N) is 1. The topological polar surface area (TPSA) is 52.3 Å². The molecule has 0 unspecified atom stereocenters. The molecular formula is C12H17NO2. The molecule has 0 saturated heterocycles. The molecule has 82 valence electrons. The molecule has 0 radical (unpaired) electrons. The minimum Gasteiger partial charge on any atom is -0.468 e. The lowest BCUT2D eigenvalue weighted by molar-refractivity contribution is -0.147. The molecule has 1 aromatic rings. The van der Waals surface area contributed by atoms with Crippen molar-refractivity contribution in [2.24, 2.45) is 5.73 Å². The second-order valence-electron chi connectivity index (χ2n) is 3.91. The average Bonchev–Trinajstić information content (AvgIpc) is 2.28. The van der Waals surface area contributed by atoms with Gasteiger partial charge < -0.3 is 10.5 Å². The predicted octanol–water partition coefficient (Wildman–Crippen LogP) is 1.68. The van der Waals surface area contributed by atoms with Crippen LogP contribution in [0.4, 0.5) is 0 Å². The Labute approximate surface area is 90.2 Å². The summed E-state index contributed by atoms with van der Waals surface area (Å²) in [5.74, 6) is -0.468. The van der Waals surface area contributed by atoms with Crippen molar-refractivity contribution in [2.45, 2.75) is 25.3 Å². The minimum atomic E-state index is -0.990. The number of esters is 1. The Kier molecular flexibility index (Phi) is 3.48. The molecule has 0 saturated carbocycles. The van der Waals surface area contributed by atoms with Crippen molar-refractivity contribution >= 4 is 5.97 Å². The summed E-state index contributed by atoms with van der Waals surface area (Å²) in [6, 6.07) is 9.71. The maximum atomic E-state index is 11.5. The standard InChI is InChI=1S/C12H17NO2/c1-9(10-7-5-4-6-8-10)12(2,13)11(14)15-3/h4-9H,13H2,1-3H3/t9-,12-/m1/s1. The number of carbonyl (C=O) groups is 1. The van der Waals surface area contributed by atoms with Crippen molar-refractivity contribution in [1.82, 2.24) is 0 Å². The molecule has 3 heteroatoms. The lowest BCUT2D eigenvalue weighted by Crippen LogP contribution is -2.50. The third-order valence-corrected chi connectivity index (χ3v) is 2.82. The first kappa shape index (κ1) is 11.7. The van der Waals surface area contributed by atoms with Crippen molar-refractivity contribution in [2.75, 3.05) is 7.11 Å². The number of hydrogen-bond acceptors (Lipinski definition) is 3. The Hall–Kier alpha value is -1.35. The van der Waals surface area contributed by atoms with Gasteiger partial charge in [0.25, 0.3) is 0 Å². The molecule has 15 heavy (non-hydrogen) atoms. The molecule has 0 aliphatic carbocycles. The van der Waals surface area contributed by atoms with E-state index in [0.29, 0.717) is 0 Å². The Balaban J connectivity index is 2.94. The maximum absolute atomic E-state index is 11.5. The van der Waals surface area contributed by atoms with E-state index in [-0.39, 0.29) is 11.9 Å². The molecule has 3 nitrogen and oxygen atoms in total. The van der Waals surface area contributed by atoms with Crippen molar-refractivity contribution in [3.8, 4) is 0 Å². The van der Waals surface area contributed by atoms with Crippen LogP contribution in [0, 0.1) is 0 Å². The van der Waals surface area contributed by atoms with Crippen molar-refractivity contribution in [1.29, 1.82) is 0 Å². The Morgan fingerprint density at radius 3 is 2.40 bits per heavy atom. The summed E-state index contributed by atoms with van der Waals surface area (Å²) < 4.78 is 4.69. The average molecular weight is 207 g/mol. The number of benzene rings is 1. The number of ether oxygens (including phenoxy) is 1. The molecule has 0 aliphatic rings. The van der Waals surface area contributed by atoms with Crippen LogP contribution in [0.5, 0.6) is 0 Å². The molecule has 2 atom stereocenters. The number of methoxy groups -OCH3 is 1. The summed E-state index contributed by atoms with van der Waals surface area (Å²) in [5.41, 5.74) is 6.02. The summed E-state index contributed by atoms with van der Waals surface area (Å²) in [4.78, 5) is 11.5. The molecule has 0 amide bonds. The summed E-state index contributed by atoms with van der Waals surface area (Å²) in [5, 5.41) is 0. The van der Waals surface area contributed by atoms with Crippen molar-refractivity contribution in [3.63, 3.8) is 0 Å². The molecule has 2 N–H and O–H groups in total. The van der Waals surface area contributed by atoms with Crippen LogP contribution in [0.3, 0.4) is 0 Å². The van der Waals surface area contributed by atoms with Gasteiger partial charge in [0, 0.05) is 5.92 Å². The van der Waals surface area contributed by atoms with E-state index in [9.17, 15) is 4.79 Å². The fourth-order valence-corrected chi connectivity index (χ4v) is 1.48. The van der Waals surface area contributed by atoms with Crippen LogP contribution in [-0.2, 0) is 9.53 Å². The van der Waals surface area contributed by atoms with Crippen LogP contribution in [0.25, 0.3) is 0 Å². The first-order valence-electron chi connectivity index (χ1n) is 4.92. The van der Waals surface area contributed by atoms with Crippen molar-refractivity contribution < 1.29 is 9.53 Å². The van der Waals surface area contributed by atoms with E-state index in [1.165, 1.54) is 7.11 Å². The molecule has 0 bridgehead atoms. The van der Waals surface area contributed by atoms with E-state index in [0.717, 1.165) is 5.56 Å². The molecule has 1 rings (SSSR count). The van der Waals surface area contributed by atoms with Gasteiger partial charge >= 0.3 is 5.97 Å². The summed E-state index contributed by atoms with van der Waals surface area (Å²) in [6.07, 6.45) is 0. The van der Waals surface area contributed by atoms with Gasteiger partial charge in [-0.25, -0.2) is 0 Å². The van der Waals surface area contributed by atoms with Gasteiger partial charge in [0.2, 0.25) is 0 Å². The van der Waals surface area contributed by atoms with Gasteiger partial charge in [-0.15, -0.1) is 0 Å². The molecule has 0 spiro atoms. The van der Waals surface area contributed by atoms with Gasteiger partial charge in [-0.1, -0.05) is 37.3 Å². The van der Waals surface area contributed by atoms with Crippen LogP contribution >= 0.6 is 0 Å². The van der Waals surface area contributed by atoms with Crippen molar-refractivity contribution in [3.05, 3.63) is 35.9 Å². The lowest BCUT2D eigenvalue weighted by atomic mass is 9.83. The number of hydrogen-bond donors (Lipinski definition) is 1. The Morgan fingerprint density at radius 2 is 1.93 bits per heavy atom. The van der Waals surface area contributed by atoms with Gasteiger partial charge in [0.15, 0.2) is 0 Å². The molecule has 0 aromatic heterocycles. The van der Waals surface area contributed by atoms with E-state index in [4.69, 9.17) is 10.5 Å².